The highest BCUT2D eigenvalue weighted by molar-refractivity contribution is 5.86. The Labute approximate surface area is 168 Å². The van der Waals surface area contributed by atoms with Gasteiger partial charge in [-0.05, 0) is 51.9 Å². The second-order valence-corrected chi connectivity index (χ2v) is 9.29. The third kappa shape index (κ3) is 3.70. The lowest BCUT2D eigenvalue weighted by atomic mass is 9.77. The summed E-state index contributed by atoms with van der Waals surface area (Å²) in [6.45, 7) is 7.03. The van der Waals surface area contributed by atoms with E-state index in [4.69, 9.17) is 0 Å². The molecule has 1 spiro atoms. The molecule has 1 atom stereocenters. The molecule has 1 N–H and O–H groups in total. The molecule has 0 aromatic carbocycles. The van der Waals surface area contributed by atoms with Gasteiger partial charge in [-0.3, -0.25) is 14.7 Å². The second kappa shape index (κ2) is 7.88. The van der Waals surface area contributed by atoms with Crippen molar-refractivity contribution >= 4 is 11.8 Å². The van der Waals surface area contributed by atoms with Gasteiger partial charge in [0.25, 0.3) is 0 Å². The molecule has 6 nitrogen and oxygen atoms in total. The number of carbonyl (C=O) groups is 2. The maximum Gasteiger partial charge on any atom is 0.230 e. The van der Waals surface area contributed by atoms with Crippen LogP contribution in [0.25, 0.3) is 0 Å². The molecule has 154 valence electrons. The van der Waals surface area contributed by atoms with E-state index in [1.807, 2.05) is 18.7 Å². The van der Waals surface area contributed by atoms with E-state index in [1.54, 1.807) is 0 Å². The summed E-state index contributed by atoms with van der Waals surface area (Å²) in [6, 6.07) is 0. The Hall–Kier alpha value is -1.85. The Bertz CT molecular complexity index is 717. The third-order valence-electron chi connectivity index (χ3n) is 7.34. The van der Waals surface area contributed by atoms with Crippen LogP contribution in [0.4, 0.5) is 0 Å². The van der Waals surface area contributed by atoms with Gasteiger partial charge in [-0.1, -0.05) is 19.3 Å². The van der Waals surface area contributed by atoms with Crippen LogP contribution in [0.5, 0.6) is 0 Å². The zero-order valence-corrected chi connectivity index (χ0v) is 17.4. The number of nitrogens with zero attached hydrogens (tertiary/aromatic N) is 3. The average Bonchev–Trinajstić information content (AvgIpc) is 3.26. The van der Waals surface area contributed by atoms with Gasteiger partial charge in [0.1, 0.15) is 0 Å². The molecule has 1 saturated carbocycles. The number of nitrogens with one attached hydrogen (secondary N) is 1. The molecule has 0 radical (unpaired) electrons. The lowest BCUT2D eigenvalue weighted by Gasteiger charge is -2.41. The van der Waals surface area contributed by atoms with Crippen molar-refractivity contribution in [2.24, 2.45) is 11.3 Å². The normalized spacial score (nSPS) is 26.4. The predicted molar refractivity (Wildman–Crippen MR) is 108 cm³/mol. The van der Waals surface area contributed by atoms with E-state index in [-0.39, 0.29) is 11.3 Å². The molecule has 0 bridgehead atoms. The molecule has 3 fully saturated rings. The van der Waals surface area contributed by atoms with Gasteiger partial charge in [-0.15, -0.1) is 0 Å². The Morgan fingerprint density at radius 1 is 1.14 bits per heavy atom. The number of likely N-dealkylation sites (tertiary alicyclic amines) is 2. The zero-order valence-electron chi connectivity index (χ0n) is 17.4. The number of carbonyl (C=O) groups excluding carboxylic acids is 2. The first-order valence-corrected chi connectivity index (χ1v) is 11.1. The van der Waals surface area contributed by atoms with Crippen molar-refractivity contribution in [1.29, 1.82) is 0 Å². The van der Waals surface area contributed by atoms with Gasteiger partial charge < -0.3 is 9.80 Å². The van der Waals surface area contributed by atoms with Crippen LogP contribution in [0.15, 0.2) is 0 Å². The van der Waals surface area contributed by atoms with Gasteiger partial charge in [0.15, 0.2) is 0 Å². The summed E-state index contributed by atoms with van der Waals surface area (Å²) in [7, 11) is 0. The van der Waals surface area contributed by atoms with Gasteiger partial charge >= 0.3 is 0 Å². The van der Waals surface area contributed by atoms with Crippen molar-refractivity contribution in [2.45, 2.75) is 71.6 Å². The zero-order chi connectivity index (χ0) is 19.7. The molecule has 4 rings (SSSR count). The van der Waals surface area contributed by atoms with Gasteiger partial charge in [0.2, 0.25) is 11.8 Å². The highest BCUT2D eigenvalue weighted by atomic mass is 16.2. The highest BCUT2D eigenvalue weighted by Crippen LogP contribution is 2.41. The number of aromatic amines is 1. The van der Waals surface area contributed by atoms with Crippen molar-refractivity contribution in [3.63, 3.8) is 0 Å². The summed E-state index contributed by atoms with van der Waals surface area (Å²) in [5.41, 5.74) is 2.53. The van der Waals surface area contributed by atoms with E-state index in [9.17, 15) is 9.59 Å². The molecular weight excluding hydrogens is 352 g/mol. The first-order chi connectivity index (χ1) is 13.5. The summed E-state index contributed by atoms with van der Waals surface area (Å²) in [6.07, 6.45) is 9.71. The van der Waals surface area contributed by atoms with Crippen molar-refractivity contribution < 1.29 is 9.59 Å². The van der Waals surface area contributed by atoms with Crippen molar-refractivity contribution in [3.8, 4) is 0 Å². The number of hydrogen-bond donors (Lipinski definition) is 1. The summed E-state index contributed by atoms with van der Waals surface area (Å²) in [5.74, 6) is 1.12. The fourth-order valence-corrected chi connectivity index (χ4v) is 5.57. The van der Waals surface area contributed by atoms with Crippen molar-refractivity contribution in [2.75, 3.05) is 26.2 Å². The molecule has 2 aliphatic heterocycles. The minimum Gasteiger partial charge on any atom is -0.342 e. The second-order valence-electron chi connectivity index (χ2n) is 9.29. The molecule has 1 aromatic heterocycles. The van der Waals surface area contributed by atoms with E-state index in [0.29, 0.717) is 31.3 Å². The van der Waals surface area contributed by atoms with Gasteiger partial charge in [-0.2, -0.15) is 5.10 Å². The summed E-state index contributed by atoms with van der Waals surface area (Å²) in [4.78, 5) is 30.4. The predicted octanol–water partition coefficient (Wildman–Crippen LogP) is 2.99. The SMILES string of the molecule is Cc1n[nH]c(C)c1CC(=O)N1CC[C@]2(CCCN(CC3CCCCC3)C2=O)C1. The number of piperidine rings is 1. The average molecular weight is 387 g/mol. The maximum atomic E-state index is 13.4. The Morgan fingerprint density at radius 2 is 1.93 bits per heavy atom. The maximum absolute atomic E-state index is 13.4. The van der Waals surface area contributed by atoms with Crippen molar-refractivity contribution in [3.05, 3.63) is 17.0 Å². The molecule has 6 heteroatoms. The van der Waals surface area contributed by atoms with Gasteiger partial charge in [0.05, 0.1) is 17.5 Å². The quantitative estimate of drug-likeness (QED) is 0.865. The molecule has 0 unspecified atom stereocenters. The molecule has 2 amide bonds. The Morgan fingerprint density at radius 3 is 2.64 bits per heavy atom. The van der Waals surface area contributed by atoms with E-state index in [1.165, 1.54) is 32.1 Å². The van der Waals surface area contributed by atoms with E-state index in [0.717, 1.165) is 49.3 Å². The molecule has 3 aliphatic rings. The van der Waals surface area contributed by atoms with Crippen LogP contribution in [0, 0.1) is 25.2 Å². The van der Waals surface area contributed by atoms with Crippen LogP contribution in [0.2, 0.25) is 0 Å². The number of hydrogen-bond acceptors (Lipinski definition) is 3. The molecular formula is C22H34N4O2. The third-order valence-corrected chi connectivity index (χ3v) is 7.34. The fourth-order valence-electron chi connectivity index (χ4n) is 5.57. The molecule has 3 heterocycles. The minimum atomic E-state index is -0.330. The minimum absolute atomic E-state index is 0.127. The van der Waals surface area contributed by atoms with Crippen LogP contribution < -0.4 is 0 Å². The van der Waals surface area contributed by atoms with Crippen LogP contribution >= 0.6 is 0 Å². The summed E-state index contributed by atoms with van der Waals surface area (Å²) < 4.78 is 0. The van der Waals surface area contributed by atoms with Crippen molar-refractivity contribution in [1.82, 2.24) is 20.0 Å². The smallest absolute Gasteiger partial charge is 0.230 e. The van der Waals surface area contributed by atoms with E-state index >= 15 is 0 Å². The molecule has 1 aromatic rings. The topological polar surface area (TPSA) is 69.3 Å². The monoisotopic (exact) mass is 386 g/mol. The molecule has 28 heavy (non-hydrogen) atoms. The number of H-pyrrole nitrogens is 1. The first kappa shape index (κ1) is 19.5. The number of aryl methyl sites for hydroxylation is 2. The standard InChI is InChI=1S/C22H34N4O2/c1-16-19(17(2)24-23-16)13-20(27)26-12-10-22(15-26)9-6-11-25(21(22)28)14-18-7-4-3-5-8-18/h18H,3-15H2,1-2H3,(H,23,24)/t22-/m1/s1. The lowest BCUT2D eigenvalue weighted by Crippen LogP contribution is -2.51. The van der Waals surface area contributed by atoms with Crippen LogP contribution in [0.3, 0.4) is 0 Å². The van der Waals surface area contributed by atoms with E-state index in [2.05, 4.69) is 15.1 Å². The van der Waals surface area contributed by atoms with Crippen LogP contribution in [-0.4, -0.2) is 58.0 Å². The largest absolute Gasteiger partial charge is 0.342 e. The Kier molecular flexibility index (Phi) is 5.48. The van der Waals surface area contributed by atoms with Gasteiger partial charge in [-0.25, -0.2) is 0 Å². The highest BCUT2D eigenvalue weighted by Gasteiger charge is 2.49. The molecule has 1 aliphatic carbocycles. The Balaban J connectivity index is 1.39. The number of aromatic nitrogens is 2. The lowest BCUT2D eigenvalue weighted by molar-refractivity contribution is -0.147. The van der Waals surface area contributed by atoms with E-state index < -0.39 is 0 Å². The summed E-state index contributed by atoms with van der Waals surface area (Å²) in [5, 5.41) is 7.16. The number of rotatable bonds is 4. The van der Waals surface area contributed by atoms with Crippen LogP contribution in [-0.2, 0) is 16.0 Å². The summed E-state index contributed by atoms with van der Waals surface area (Å²) >= 11 is 0. The van der Waals surface area contributed by atoms with Crippen LogP contribution in [0.1, 0.15) is 68.3 Å². The fraction of sp³-hybridized carbons (Fsp3) is 0.773. The number of amides is 2. The molecule has 2 saturated heterocycles. The first-order valence-electron chi connectivity index (χ1n) is 11.1. The van der Waals surface area contributed by atoms with Gasteiger partial charge in [0, 0.05) is 37.4 Å².